The molecule has 25 heavy (non-hydrogen) atoms. The maximum atomic E-state index is 5.00. The van der Waals surface area contributed by atoms with E-state index >= 15 is 0 Å². The summed E-state index contributed by atoms with van der Waals surface area (Å²) in [6.45, 7) is 9.48. The van der Waals surface area contributed by atoms with Crippen molar-refractivity contribution in [3.63, 3.8) is 0 Å². The van der Waals surface area contributed by atoms with Crippen LogP contribution < -0.4 is 5.32 Å². The zero-order chi connectivity index (χ0) is 17.5. The maximum absolute atomic E-state index is 5.00. The van der Waals surface area contributed by atoms with Gasteiger partial charge in [-0.2, -0.15) is 0 Å². The van der Waals surface area contributed by atoms with Crippen LogP contribution in [-0.2, 0) is 18.3 Å². The van der Waals surface area contributed by atoms with Gasteiger partial charge < -0.3 is 5.32 Å². The van der Waals surface area contributed by atoms with Crippen LogP contribution in [0.2, 0.25) is 0 Å². The lowest BCUT2D eigenvalue weighted by Crippen LogP contribution is -2.36. The SMILES string of the molecule is CC1(Cc2nc(-c3ccc4c(c3)CCCC4(C)C)cs2)CCNCC1. The predicted molar refractivity (Wildman–Crippen MR) is 107 cm³/mol. The number of rotatable bonds is 3. The molecular formula is C22H30N2S. The Balaban J connectivity index is 1.56. The van der Waals surface area contributed by atoms with E-state index in [-0.39, 0.29) is 0 Å². The van der Waals surface area contributed by atoms with Crippen LogP contribution in [0.4, 0.5) is 0 Å². The molecule has 1 aliphatic heterocycles. The molecule has 3 heteroatoms. The minimum Gasteiger partial charge on any atom is -0.317 e. The minimum atomic E-state index is 0.322. The third-order valence-corrected chi connectivity index (χ3v) is 7.17. The average Bonchev–Trinajstić information content (AvgIpc) is 3.02. The Labute approximate surface area is 156 Å². The van der Waals surface area contributed by atoms with E-state index in [4.69, 9.17) is 4.98 Å². The van der Waals surface area contributed by atoms with Gasteiger partial charge in [-0.25, -0.2) is 4.98 Å². The Morgan fingerprint density at radius 3 is 2.72 bits per heavy atom. The molecule has 2 aromatic rings. The molecule has 4 rings (SSSR count). The van der Waals surface area contributed by atoms with Crippen LogP contribution in [-0.4, -0.2) is 18.1 Å². The van der Waals surface area contributed by atoms with E-state index in [9.17, 15) is 0 Å². The zero-order valence-electron chi connectivity index (χ0n) is 15.8. The lowest BCUT2D eigenvalue weighted by Gasteiger charge is -2.33. The Kier molecular flexibility index (Phi) is 4.49. The molecule has 0 radical (unpaired) electrons. The van der Waals surface area contributed by atoms with Gasteiger partial charge in [0.05, 0.1) is 10.7 Å². The summed E-state index contributed by atoms with van der Waals surface area (Å²) in [5.41, 5.74) is 6.29. The van der Waals surface area contributed by atoms with Crippen LogP contribution in [0.1, 0.15) is 62.6 Å². The van der Waals surface area contributed by atoms with Crippen molar-refractivity contribution in [2.75, 3.05) is 13.1 Å². The molecule has 1 N–H and O–H groups in total. The fourth-order valence-electron chi connectivity index (χ4n) is 4.57. The molecule has 1 aromatic carbocycles. The molecule has 0 spiro atoms. The fraction of sp³-hybridized carbons (Fsp3) is 0.591. The summed E-state index contributed by atoms with van der Waals surface area (Å²) < 4.78 is 0. The highest BCUT2D eigenvalue weighted by Crippen LogP contribution is 2.39. The minimum absolute atomic E-state index is 0.322. The molecule has 0 atom stereocenters. The Morgan fingerprint density at radius 1 is 1.12 bits per heavy atom. The molecule has 2 heterocycles. The molecule has 2 aliphatic rings. The van der Waals surface area contributed by atoms with Crippen molar-refractivity contribution in [1.29, 1.82) is 0 Å². The molecule has 1 fully saturated rings. The van der Waals surface area contributed by atoms with E-state index in [1.807, 2.05) is 11.3 Å². The van der Waals surface area contributed by atoms with Crippen LogP contribution in [0.3, 0.4) is 0 Å². The largest absolute Gasteiger partial charge is 0.317 e. The van der Waals surface area contributed by atoms with Crippen LogP contribution in [0.5, 0.6) is 0 Å². The number of nitrogens with zero attached hydrogens (tertiary/aromatic N) is 1. The highest BCUT2D eigenvalue weighted by atomic mass is 32.1. The highest BCUT2D eigenvalue weighted by Gasteiger charge is 2.29. The summed E-state index contributed by atoms with van der Waals surface area (Å²) in [4.78, 5) is 5.00. The first-order valence-corrected chi connectivity index (χ1v) is 10.6. The summed E-state index contributed by atoms with van der Waals surface area (Å²) >= 11 is 1.84. The number of aromatic nitrogens is 1. The van der Waals surface area contributed by atoms with Gasteiger partial charge in [0.2, 0.25) is 0 Å². The number of piperidine rings is 1. The quantitative estimate of drug-likeness (QED) is 0.803. The van der Waals surface area contributed by atoms with Gasteiger partial charge in [-0.05, 0) is 73.2 Å². The summed E-state index contributed by atoms with van der Waals surface area (Å²) in [5.74, 6) is 0. The van der Waals surface area contributed by atoms with Crippen molar-refractivity contribution in [2.24, 2.45) is 5.41 Å². The smallest absolute Gasteiger partial charge is 0.0938 e. The molecule has 2 nitrogen and oxygen atoms in total. The molecular weight excluding hydrogens is 324 g/mol. The van der Waals surface area contributed by atoms with Gasteiger partial charge in [0.1, 0.15) is 0 Å². The van der Waals surface area contributed by atoms with Gasteiger partial charge >= 0.3 is 0 Å². The third-order valence-electron chi connectivity index (χ3n) is 6.32. The van der Waals surface area contributed by atoms with Crippen molar-refractivity contribution in [1.82, 2.24) is 10.3 Å². The Hall–Kier alpha value is -1.19. The van der Waals surface area contributed by atoms with Crippen molar-refractivity contribution < 1.29 is 0 Å². The Bertz CT molecular complexity index is 753. The molecule has 1 saturated heterocycles. The van der Waals surface area contributed by atoms with Crippen molar-refractivity contribution in [2.45, 2.75) is 64.7 Å². The third kappa shape index (κ3) is 3.54. The van der Waals surface area contributed by atoms with Gasteiger partial charge in [0, 0.05) is 17.4 Å². The van der Waals surface area contributed by atoms with E-state index in [1.54, 1.807) is 5.56 Å². The highest BCUT2D eigenvalue weighted by molar-refractivity contribution is 7.09. The lowest BCUT2D eigenvalue weighted by atomic mass is 9.72. The second-order valence-electron chi connectivity index (χ2n) is 8.97. The standard InChI is InChI=1S/C22H30N2S/c1-21(2)8-4-5-16-13-17(6-7-18(16)21)19-15-25-20(24-19)14-22(3)9-11-23-12-10-22/h6-7,13,15,23H,4-5,8-12,14H2,1-3H3. The van der Waals surface area contributed by atoms with E-state index in [2.05, 4.69) is 49.7 Å². The Morgan fingerprint density at radius 2 is 1.92 bits per heavy atom. The monoisotopic (exact) mass is 354 g/mol. The summed E-state index contributed by atoms with van der Waals surface area (Å²) in [6, 6.07) is 7.05. The first kappa shape index (κ1) is 17.2. The first-order chi connectivity index (χ1) is 12.0. The number of thiazole rings is 1. The van der Waals surface area contributed by atoms with Crippen molar-refractivity contribution in [3.8, 4) is 11.3 Å². The number of fused-ring (bicyclic) bond motifs is 1. The molecule has 0 amide bonds. The van der Waals surface area contributed by atoms with Gasteiger partial charge in [-0.15, -0.1) is 11.3 Å². The van der Waals surface area contributed by atoms with Crippen molar-refractivity contribution in [3.05, 3.63) is 39.7 Å². The van der Waals surface area contributed by atoms with E-state index in [0.29, 0.717) is 10.8 Å². The van der Waals surface area contributed by atoms with Gasteiger partial charge in [-0.3, -0.25) is 0 Å². The predicted octanol–water partition coefficient (Wildman–Crippen LogP) is 5.36. The lowest BCUT2D eigenvalue weighted by molar-refractivity contribution is 0.228. The second-order valence-corrected chi connectivity index (χ2v) is 9.92. The second kappa shape index (κ2) is 6.51. The van der Waals surface area contributed by atoms with Crippen LogP contribution >= 0.6 is 11.3 Å². The molecule has 0 unspecified atom stereocenters. The molecule has 0 bridgehead atoms. The average molecular weight is 355 g/mol. The van der Waals surface area contributed by atoms with E-state index in [0.717, 1.165) is 19.5 Å². The molecule has 0 saturated carbocycles. The number of benzene rings is 1. The van der Waals surface area contributed by atoms with Crippen LogP contribution in [0.15, 0.2) is 23.6 Å². The van der Waals surface area contributed by atoms with Gasteiger partial charge in [0.25, 0.3) is 0 Å². The molecule has 1 aliphatic carbocycles. The normalized spacial score (nSPS) is 21.7. The topological polar surface area (TPSA) is 24.9 Å². The van der Waals surface area contributed by atoms with Crippen LogP contribution in [0.25, 0.3) is 11.3 Å². The number of hydrogen-bond donors (Lipinski definition) is 1. The van der Waals surface area contributed by atoms with Gasteiger partial charge in [0.15, 0.2) is 0 Å². The first-order valence-electron chi connectivity index (χ1n) is 9.74. The zero-order valence-corrected chi connectivity index (χ0v) is 16.6. The van der Waals surface area contributed by atoms with E-state index < -0.39 is 0 Å². The van der Waals surface area contributed by atoms with E-state index in [1.165, 1.54) is 53.9 Å². The summed E-state index contributed by atoms with van der Waals surface area (Å²) in [7, 11) is 0. The molecule has 134 valence electrons. The summed E-state index contributed by atoms with van der Waals surface area (Å²) in [6.07, 6.45) is 7.46. The number of hydrogen-bond acceptors (Lipinski definition) is 3. The fourth-order valence-corrected chi connectivity index (χ4v) is 5.59. The maximum Gasteiger partial charge on any atom is 0.0938 e. The van der Waals surface area contributed by atoms with Gasteiger partial charge in [-0.1, -0.05) is 32.9 Å². The summed E-state index contributed by atoms with van der Waals surface area (Å²) in [5, 5.41) is 7.04. The van der Waals surface area contributed by atoms with Crippen LogP contribution in [0, 0.1) is 5.41 Å². The number of nitrogens with one attached hydrogen (secondary N) is 1. The molecule has 1 aromatic heterocycles. The van der Waals surface area contributed by atoms with Crippen molar-refractivity contribution >= 4 is 11.3 Å². The number of aryl methyl sites for hydroxylation is 1.